The fourth-order valence-electron chi connectivity index (χ4n) is 2.37. The molecule has 1 heterocycles. The Morgan fingerprint density at radius 2 is 2.08 bits per heavy atom. The summed E-state index contributed by atoms with van der Waals surface area (Å²) < 4.78 is 10.5. The Balaban J connectivity index is 2.13. The summed E-state index contributed by atoms with van der Waals surface area (Å²) in [5.41, 5.74) is 1.29. The van der Waals surface area contributed by atoms with Crippen LogP contribution in [0.2, 0.25) is 5.02 Å². The van der Waals surface area contributed by atoms with Crippen LogP contribution in [0.5, 0.6) is 5.75 Å². The van der Waals surface area contributed by atoms with Crippen molar-refractivity contribution in [2.75, 3.05) is 13.7 Å². The zero-order chi connectivity index (χ0) is 17.1. The Labute approximate surface area is 149 Å². The van der Waals surface area contributed by atoms with Gasteiger partial charge in [0.05, 0.1) is 18.6 Å². The van der Waals surface area contributed by atoms with Crippen molar-refractivity contribution in [3.63, 3.8) is 0 Å². The van der Waals surface area contributed by atoms with Crippen molar-refractivity contribution in [2.24, 2.45) is 0 Å². The average molecular weight is 362 g/mol. The Bertz CT molecular complexity index is 891. The maximum absolute atomic E-state index is 12.3. The summed E-state index contributed by atoms with van der Waals surface area (Å²) in [7, 11) is 1.61. The minimum atomic E-state index is -0.378. The number of esters is 1. The molecular weight excluding hydrogens is 346 g/mol. The molecule has 0 saturated carbocycles. The Morgan fingerprint density at radius 1 is 1.25 bits per heavy atom. The van der Waals surface area contributed by atoms with E-state index < -0.39 is 0 Å². The maximum atomic E-state index is 12.3. The fourth-order valence-corrected chi connectivity index (χ4v) is 3.71. The first-order valence-electron chi connectivity index (χ1n) is 7.42. The molecule has 3 rings (SSSR count). The van der Waals surface area contributed by atoms with Crippen molar-refractivity contribution in [1.29, 1.82) is 0 Å². The molecule has 0 aliphatic rings. The number of hydrogen-bond donors (Lipinski definition) is 1. The van der Waals surface area contributed by atoms with E-state index in [1.165, 1.54) is 11.8 Å². The quantitative estimate of drug-likeness (QED) is 0.638. The second kappa shape index (κ2) is 7.20. The van der Waals surface area contributed by atoms with Gasteiger partial charge in [0.15, 0.2) is 0 Å². The highest BCUT2D eigenvalue weighted by molar-refractivity contribution is 7.99. The van der Waals surface area contributed by atoms with E-state index in [1.807, 2.05) is 42.5 Å². The van der Waals surface area contributed by atoms with Gasteiger partial charge < -0.3 is 14.5 Å². The zero-order valence-corrected chi connectivity index (χ0v) is 14.8. The smallest absolute Gasteiger partial charge is 0.355 e. The van der Waals surface area contributed by atoms with Crippen molar-refractivity contribution < 1.29 is 14.3 Å². The van der Waals surface area contributed by atoms with Gasteiger partial charge in [-0.25, -0.2) is 4.79 Å². The van der Waals surface area contributed by atoms with Gasteiger partial charge in [-0.3, -0.25) is 0 Å². The van der Waals surface area contributed by atoms with Crippen LogP contribution in [0, 0.1) is 0 Å². The standard InChI is InChI=1S/C18H16ClNO3S/c1-3-23-18(21)16-17(24-13-6-4-5-11(19)9-13)14-10-12(22-2)7-8-15(14)20-16/h4-10,20H,3H2,1-2H3. The molecular formula is C18H16ClNO3S. The van der Waals surface area contributed by atoms with E-state index in [4.69, 9.17) is 21.1 Å². The Hall–Kier alpha value is -2.11. The van der Waals surface area contributed by atoms with Crippen LogP contribution in [0.4, 0.5) is 0 Å². The third-order valence-electron chi connectivity index (χ3n) is 3.45. The number of carbonyl (C=O) groups is 1. The highest BCUT2D eigenvalue weighted by Gasteiger charge is 2.20. The van der Waals surface area contributed by atoms with Crippen LogP contribution in [-0.2, 0) is 4.74 Å². The van der Waals surface area contributed by atoms with Gasteiger partial charge in [0, 0.05) is 20.8 Å². The second-order valence-electron chi connectivity index (χ2n) is 5.02. The molecule has 0 radical (unpaired) electrons. The number of fused-ring (bicyclic) bond motifs is 1. The van der Waals surface area contributed by atoms with Crippen molar-refractivity contribution in [3.8, 4) is 5.75 Å². The summed E-state index contributed by atoms with van der Waals surface area (Å²) in [6.45, 7) is 2.10. The maximum Gasteiger partial charge on any atom is 0.355 e. The lowest BCUT2D eigenvalue weighted by atomic mass is 10.2. The molecule has 1 aromatic heterocycles. The minimum Gasteiger partial charge on any atom is -0.497 e. The molecule has 0 amide bonds. The molecule has 0 aliphatic carbocycles. The van der Waals surface area contributed by atoms with Crippen LogP contribution in [0.25, 0.3) is 10.9 Å². The molecule has 0 aliphatic heterocycles. The minimum absolute atomic E-state index is 0.318. The van der Waals surface area contributed by atoms with Gasteiger partial charge in [-0.2, -0.15) is 0 Å². The van der Waals surface area contributed by atoms with Crippen LogP contribution in [0.3, 0.4) is 0 Å². The lowest BCUT2D eigenvalue weighted by Crippen LogP contribution is -2.06. The third-order valence-corrected chi connectivity index (χ3v) is 4.81. The normalized spacial score (nSPS) is 10.8. The number of ether oxygens (including phenoxy) is 2. The predicted molar refractivity (Wildman–Crippen MR) is 96.4 cm³/mol. The monoisotopic (exact) mass is 361 g/mol. The highest BCUT2D eigenvalue weighted by atomic mass is 35.5. The van der Waals surface area contributed by atoms with Crippen molar-refractivity contribution in [2.45, 2.75) is 16.7 Å². The van der Waals surface area contributed by atoms with E-state index in [2.05, 4.69) is 4.98 Å². The molecule has 1 N–H and O–H groups in total. The number of nitrogens with one attached hydrogen (secondary N) is 1. The summed E-state index contributed by atoms with van der Waals surface area (Å²) >= 11 is 7.54. The number of rotatable bonds is 5. The molecule has 0 atom stereocenters. The second-order valence-corrected chi connectivity index (χ2v) is 6.54. The Morgan fingerprint density at radius 3 is 2.79 bits per heavy atom. The van der Waals surface area contributed by atoms with Gasteiger partial charge in [-0.15, -0.1) is 0 Å². The molecule has 4 nitrogen and oxygen atoms in total. The molecule has 24 heavy (non-hydrogen) atoms. The van der Waals surface area contributed by atoms with E-state index >= 15 is 0 Å². The largest absolute Gasteiger partial charge is 0.497 e. The first-order chi connectivity index (χ1) is 11.6. The lowest BCUT2D eigenvalue weighted by molar-refractivity contribution is 0.0516. The zero-order valence-electron chi connectivity index (χ0n) is 13.3. The highest BCUT2D eigenvalue weighted by Crippen LogP contribution is 2.39. The van der Waals surface area contributed by atoms with E-state index in [0.29, 0.717) is 17.3 Å². The summed E-state index contributed by atoms with van der Waals surface area (Å²) in [6, 6.07) is 13.1. The van der Waals surface area contributed by atoms with E-state index in [-0.39, 0.29) is 5.97 Å². The molecule has 0 spiro atoms. The summed E-state index contributed by atoms with van der Waals surface area (Å²) in [5.74, 6) is 0.349. The van der Waals surface area contributed by atoms with E-state index in [9.17, 15) is 4.79 Å². The molecule has 2 aromatic carbocycles. The van der Waals surface area contributed by atoms with Crippen LogP contribution in [-0.4, -0.2) is 24.7 Å². The number of hydrogen-bond acceptors (Lipinski definition) is 4. The molecule has 0 unspecified atom stereocenters. The topological polar surface area (TPSA) is 51.3 Å². The fraction of sp³-hybridized carbons (Fsp3) is 0.167. The number of carbonyl (C=O) groups excluding carboxylic acids is 1. The number of H-pyrrole nitrogens is 1. The van der Waals surface area contributed by atoms with Crippen molar-refractivity contribution >= 4 is 40.2 Å². The average Bonchev–Trinajstić information content (AvgIpc) is 2.93. The number of benzene rings is 2. The van der Waals surface area contributed by atoms with E-state index in [1.54, 1.807) is 14.0 Å². The summed E-state index contributed by atoms with van der Waals surface area (Å²) in [5, 5.41) is 1.55. The van der Waals surface area contributed by atoms with Gasteiger partial charge in [0.2, 0.25) is 0 Å². The molecule has 124 valence electrons. The molecule has 0 bridgehead atoms. The van der Waals surface area contributed by atoms with Crippen LogP contribution < -0.4 is 4.74 Å². The van der Waals surface area contributed by atoms with Crippen LogP contribution in [0.15, 0.2) is 52.3 Å². The van der Waals surface area contributed by atoms with Crippen LogP contribution >= 0.6 is 23.4 Å². The van der Waals surface area contributed by atoms with Crippen molar-refractivity contribution in [3.05, 3.63) is 53.2 Å². The van der Waals surface area contributed by atoms with Gasteiger partial charge in [-0.05, 0) is 43.3 Å². The number of halogens is 1. The van der Waals surface area contributed by atoms with Gasteiger partial charge in [-0.1, -0.05) is 29.4 Å². The lowest BCUT2D eigenvalue weighted by Gasteiger charge is -2.06. The predicted octanol–water partition coefficient (Wildman–Crippen LogP) is 5.16. The molecule has 6 heteroatoms. The van der Waals surface area contributed by atoms with E-state index in [0.717, 1.165) is 26.4 Å². The number of aromatic amines is 1. The Kier molecular flexibility index (Phi) is 5.02. The van der Waals surface area contributed by atoms with Gasteiger partial charge >= 0.3 is 5.97 Å². The van der Waals surface area contributed by atoms with Crippen LogP contribution in [0.1, 0.15) is 17.4 Å². The summed E-state index contributed by atoms with van der Waals surface area (Å²) in [4.78, 5) is 17.2. The first-order valence-corrected chi connectivity index (χ1v) is 8.62. The summed E-state index contributed by atoms with van der Waals surface area (Å²) in [6.07, 6.45) is 0. The van der Waals surface area contributed by atoms with Gasteiger partial charge in [0.25, 0.3) is 0 Å². The SMILES string of the molecule is CCOC(=O)c1[nH]c2ccc(OC)cc2c1Sc1cccc(Cl)c1. The molecule has 0 saturated heterocycles. The number of aromatic nitrogens is 1. The third kappa shape index (κ3) is 3.37. The first kappa shape index (κ1) is 16.7. The molecule has 0 fully saturated rings. The van der Waals surface area contributed by atoms with Crippen molar-refractivity contribution in [1.82, 2.24) is 4.98 Å². The number of methoxy groups -OCH3 is 1. The molecule has 3 aromatic rings. The van der Waals surface area contributed by atoms with Gasteiger partial charge in [0.1, 0.15) is 11.4 Å².